The molecule has 1 nitrogen and oxygen atoms in total. The van der Waals surface area contributed by atoms with E-state index in [4.69, 9.17) is 0 Å². The van der Waals surface area contributed by atoms with Gasteiger partial charge in [0.05, 0.1) is 0 Å². The van der Waals surface area contributed by atoms with Gasteiger partial charge in [-0.05, 0) is 24.8 Å². The van der Waals surface area contributed by atoms with Gasteiger partial charge in [-0.1, -0.05) is 32.9 Å². The number of rotatable bonds is 1. The molecule has 1 heterocycles. The van der Waals surface area contributed by atoms with Crippen LogP contribution in [0.4, 0.5) is 0 Å². The molecule has 1 N–H and O–H groups in total. The Balaban J connectivity index is 2.53. The number of nitrogens with one attached hydrogen (secondary N) is 1. The average Bonchev–Trinajstić information content (AvgIpc) is 2.34. The fraction of sp³-hybridized carbons (Fsp3) is 0.800. The summed E-state index contributed by atoms with van der Waals surface area (Å²) in [4.78, 5) is 0. The first-order chi connectivity index (χ1) is 5.02. The van der Waals surface area contributed by atoms with Crippen LogP contribution >= 0.6 is 0 Å². The molecule has 0 amide bonds. The van der Waals surface area contributed by atoms with Gasteiger partial charge in [-0.25, -0.2) is 0 Å². The summed E-state index contributed by atoms with van der Waals surface area (Å²) in [5.41, 5.74) is 1.62. The Morgan fingerprint density at radius 3 is 2.45 bits per heavy atom. The highest BCUT2D eigenvalue weighted by Gasteiger charge is 2.25. The molecule has 11 heavy (non-hydrogen) atoms. The normalized spacial score (nSPS) is 25.5. The smallest absolute Gasteiger partial charge is 0.0282 e. The molecule has 1 atom stereocenters. The summed E-state index contributed by atoms with van der Waals surface area (Å²) < 4.78 is 0. The number of hydrogen-bond donors (Lipinski definition) is 1. The third kappa shape index (κ3) is 2.06. The Hall–Kier alpha value is -0.300. The second kappa shape index (κ2) is 2.98. The van der Waals surface area contributed by atoms with E-state index in [2.05, 4.69) is 32.7 Å². The van der Waals surface area contributed by atoms with Gasteiger partial charge in [0.1, 0.15) is 0 Å². The third-order valence-corrected chi connectivity index (χ3v) is 2.44. The standard InChI is InChI=1S/C10H19N/c1-8(10(2,3)4)9-6-5-7-11-9/h9,11H,1,5-7H2,2-4H3. The van der Waals surface area contributed by atoms with Crippen molar-refractivity contribution in [3.05, 3.63) is 12.2 Å². The Kier molecular flexibility index (Phi) is 2.38. The lowest BCUT2D eigenvalue weighted by Gasteiger charge is -2.26. The molecule has 0 bridgehead atoms. The maximum atomic E-state index is 4.15. The Morgan fingerprint density at radius 1 is 1.45 bits per heavy atom. The lowest BCUT2D eigenvalue weighted by molar-refractivity contribution is 0.449. The monoisotopic (exact) mass is 153 g/mol. The summed E-state index contributed by atoms with van der Waals surface area (Å²) in [7, 11) is 0. The zero-order chi connectivity index (χ0) is 8.48. The summed E-state index contributed by atoms with van der Waals surface area (Å²) in [6.45, 7) is 12.0. The lowest BCUT2D eigenvalue weighted by atomic mass is 9.83. The van der Waals surface area contributed by atoms with E-state index in [0.717, 1.165) is 0 Å². The van der Waals surface area contributed by atoms with E-state index in [1.807, 2.05) is 0 Å². The van der Waals surface area contributed by atoms with Crippen LogP contribution in [0.3, 0.4) is 0 Å². The van der Waals surface area contributed by atoms with Crippen molar-refractivity contribution in [2.75, 3.05) is 6.54 Å². The van der Waals surface area contributed by atoms with Gasteiger partial charge in [0.25, 0.3) is 0 Å². The first kappa shape index (κ1) is 8.79. The van der Waals surface area contributed by atoms with E-state index in [1.165, 1.54) is 25.0 Å². The minimum atomic E-state index is 0.266. The first-order valence-electron chi connectivity index (χ1n) is 4.44. The van der Waals surface area contributed by atoms with E-state index in [1.54, 1.807) is 0 Å². The quantitative estimate of drug-likeness (QED) is 0.570. The second-order valence-electron chi connectivity index (χ2n) is 4.42. The predicted octanol–water partition coefficient (Wildman–Crippen LogP) is 2.34. The highest BCUT2D eigenvalue weighted by Crippen LogP contribution is 2.29. The van der Waals surface area contributed by atoms with Gasteiger partial charge in [0.2, 0.25) is 0 Å². The second-order valence-corrected chi connectivity index (χ2v) is 4.42. The van der Waals surface area contributed by atoms with Crippen molar-refractivity contribution in [3.63, 3.8) is 0 Å². The maximum Gasteiger partial charge on any atom is 0.0282 e. The topological polar surface area (TPSA) is 12.0 Å². The SMILES string of the molecule is C=C(C1CCCN1)C(C)(C)C. The largest absolute Gasteiger partial charge is 0.310 e. The van der Waals surface area contributed by atoms with Gasteiger partial charge in [0.15, 0.2) is 0 Å². The van der Waals surface area contributed by atoms with Crippen LogP contribution in [0.1, 0.15) is 33.6 Å². The van der Waals surface area contributed by atoms with Crippen LogP contribution in [0.5, 0.6) is 0 Å². The summed E-state index contributed by atoms with van der Waals surface area (Å²) in [5, 5.41) is 3.46. The highest BCUT2D eigenvalue weighted by atomic mass is 14.9. The van der Waals surface area contributed by atoms with Gasteiger partial charge in [-0.3, -0.25) is 0 Å². The summed E-state index contributed by atoms with van der Waals surface area (Å²) >= 11 is 0. The van der Waals surface area contributed by atoms with Gasteiger partial charge in [-0.2, -0.15) is 0 Å². The van der Waals surface area contributed by atoms with Gasteiger partial charge in [0, 0.05) is 6.04 Å². The molecule has 1 aliphatic heterocycles. The van der Waals surface area contributed by atoms with E-state index in [9.17, 15) is 0 Å². The molecule has 1 rings (SSSR count). The van der Waals surface area contributed by atoms with Crippen molar-refractivity contribution in [2.24, 2.45) is 5.41 Å². The molecule has 64 valence electrons. The first-order valence-corrected chi connectivity index (χ1v) is 4.44. The van der Waals surface area contributed by atoms with E-state index in [-0.39, 0.29) is 5.41 Å². The highest BCUT2D eigenvalue weighted by molar-refractivity contribution is 5.14. The number of hydrogen-bond acceptors (Lipinski definition) is 1. The lowest BCUT2D eigenvalue weighted by Crippen LogP contribution is -2.29. The Labute approximate surface area is 69.9 Å². The molecular weight excluding hydrogens is 134 g/mol. The molecule has 0 aromatic carbocycles. The summed E-state index contributed by atoms with van der Waals surface area (Å²) in [5.74, 6) is 0. The minimum absolute atomic E-state index is 0.266. The van der Waals surface area contributed by atoms with E-state index >= 15 is 0 Å². The fourth-order valence-electron chi connectivity index (χ4n) is 1.50. The molecule has 0 aromatic heterocycles. The van der Waals surface area contributed by atoms with Crippen LogP contribution in [0.25, 0.3) is 0 Å². The molecule has 1 saturated heterocycles. The molecule has 1 heteroatoms. The Bertz CT molecular complexity index is 147. The Morgan fingerprint density at radius 2 is 2.09 bits per heavy atom. The van der Waals surface area contributed by atoms with Crippen molar-refractivity contribution in [1.82, 2.24) is 5.32 Å². The molecule has 0 radical (unpaired) electrons. The molecule has 0 aliphatic carbocycles. The van der Waals surface area contributed by atoms with Crippen molar-refractivity contribution >= 4 is 0 Å². The van der Waals surface area contributed by atoms with Crippen molar-refractivity contribution < 1.29 is 0 Å². The van der Waals surface area contributed by atoms with Gasteiger partial charge < -0.3 is 5.32 Å². The predicted molar refractivity (Wildman–Crippen MR) is 49.6 cm³/mol. The van der Waals surface area contributed by atoms with Crippen LogP contribution in [0.2, 0.25) is 0 Å². The van der Waals surface area contributed by atoms with Crippen molar-refractivity contribution in [1.29, 1.82) is 0 Å². The molecule has 0 saturated carbocycles. The average molecular weight is 153 g/mol. The molecule has 1 unspecified atom stereocenters. The molecule has 0 spiro atoms. The fourth-order valence-corrected chi connectivity index (χ4v) is 1.50. The molecule has 1 fully saturated rings. The zero-order valence-electron chi connectivity index (χ0n) is 7.91. The van der Waals surface area contributed by atoms with Crippen LogP contribution in [0, 0.1) is 5.41 Å². The van der Waals surface area contributed by atoms with E-state index in [0.29, 0.717) is 6.04 Å². The maximum absolute atomic E-state index is 4.15. The van der Waals surface area contributed by atoms with E-state index < -0.39 is 0 Å². The third-order valence-electron chi connectivity index (χ3n) is 2.44. The van der Waals surface area contributed by atoms with Crippen LogP contribution in [-0.4, -0.2) is 12.6 Å². The van der Waals surface area contributed by atoms with Crippen LogP contribution in [-0.2, 0) is 0 Å². The zero-order valence-corrected chi connectivity index (χ0v) is 7.91. The van der Waals surface area contributed by atoms with Crippen LogP contribution < -0.4 is 5.32 Å². The molecule has 1 aliphatic rings. The van der Waals surface area contributed by atoms with Crippen molar-refractivity contribution in [3.8, 4) is 0 Å². The molecule has 0 aromatic rings. The summed E-state index contributed by atoms with van der Waals surface area (Å²) in [6.07, 6.45) is 2.58. The van der Waals surface area contributed by atoms with Gasteiger partial charge >= 0.3 is 0 Å². The molecular formula is C10H19N. The van der Waals surface area contributed by atoms with Gasteiger partial charge in [-0.15, -0.1) is 0 Å². The van der Waals surface area contributed by atoms with Crippen LogP contribution in [0.15, 0.2) is 12.2 Å². The summed E-state index contributed by atoms with van der Waals surface area (Å²) in [6, 6.07) is 0.579. The van der Waals surface area contributed by atoms with Crippen molar-refractivity contribution in [2.45, 2.75) is 39.7 Å². The minimum Gasteiger partial charge on any atom is -0.310 e.